The van der Waals surface area contributed by atoms with Gasteiger partial charge < -0.3 is 4.90 Å². The summed E-state index contributed by atoms with van der Waals surface area (Å²) in [7, 11) is -3.48. The molecule has 25 heavy (non-hydrogen) atoms. The van der Waals surface area contributed by atoms with Gasteiger partial charge in [-0.1, -0.05) is 22.0 Å². The number of piperidine rings is 1. The Hall–Kier alpha value is -0.960. The molecular weight excluding hydrogens is 406 g/mol. The average molecular weight is 430 g/mol. The van der Waals surface area contributed by atoms with Crippen molar-refractivity contribution in [1.82, 2.24) is 14.1 Å². The van der Waals surface area contributed by atoms with E-state index in [9.17, 15) is 13.2 Å². The SMILES string of the molecule is O=C(CN1CCN(S(=O)(=O)c2cccc(Br)c2)CC1)N1CCCCC1. The van der Waals surface area contributed by atoms with Crippen molar-refractivity contribution in [3.8, 4) is 0 Å². The number of carbonyl (C=O) groups excluding carboxylic acids is 1. The maximum Gasteiger partial charge on any atom is 0.243 e. The molecule has 1 amide bonds. The fourth-order valence-electron chi connectivity index (χ4n) is 3.34. The lowest BCUT2D eigenvalue weighted by Gasteiger charge is -2.35. The van der Waals surface area contributed by atoms with Crippen LogP contribution in [0.5, 0.6) is 0 Å². The number of hydrogen-bond acceptors (Lipinski definition) is 4. The lowest BCUT2D eigenvalue weighted by atomic mass is 10.1. The third-order valence-electron chi connectivity index (χ3n) is 4.83. The molecule has 1 aromatic carbocycles. The summed E-state index contributed by atoms with van der Waals surface area (Å²) in [5, 5.41) is 0. The highest BCUT2D eigenvalue weighted by molar-refractivity contribution is 9.10. The van der Waals surface area contributed by atoms with Crippen LogP contribution in [-0.4, -0.2) is 74.2 Å². The second-order valence-corrected chi connectivity index (χ2v) is 9.43. The van der Waals surface area contributed by atoms with Crippen LogP contribution in [0.3, 0.4) is 0 Å². The van der Waals surface area contributed by atoms with Crippen LogP contribution in [0, 0.1) is 0 Å². The van der Waals surface area contributed by atoms with Gasteiger partial charge in [0.05, 0.1) is 11.4 Å². The van der Waals surface area contributed by atoms with E-state index >= 15 is 0 Å². The minimum atomic E-state index is -3.48. The van der Waals surface area contributed by atoms with E-state index in [4.69, 9.17) is 0 Å². The summed E-state index contributed by atoms with van der Waals surface area (Å²) in [4.78, 5) is 16.7. The number of rotatable bonds is 4. The highest BCUT2D eigenvalue weighted by Crippen LogP contribution is 2.21. The van der Waals surface area contributed by atoms with Crippen LogP contribution in [0.2, 0.25) is 0 Å². The Bertz CT molecular complexity index is 712. The minimum absolute atomic E-state index is 0.169. The zero-order chi connectivity index (χ0) is 17.9. The van der Waals surface area contributed by atoms with Gasteiger partial charge in [0.1, 0.15) is 0 Å². The molecule has 0 aliphatic carbocycles. The number of piperazine rings is 1. The third-order valence-corrected chi connectivity index (χ3v) is 7.22. The van der Waals surface area contributed by atoms with Crippen molar-refractivity contribution < 1.29 is 13.2 Å². The Morgan fingerprint density at radius 2 is 1.68 bits per heavy atom. The first-order chi connectivity index (χ1) is 12.0. The zero-order valence-corrected chi connectivity index (χ0v) is 16.6. The molecule has 1 aromatic rings. The molecule has 0 atom stereocenters. The van der Waals surface area contributed by atoms with Gasteiger partial charge in [0.2, 0.25) is 15.9 Å². The van der Waals surface area contributed by atoms with Crippen LogP contribution >= 0.6 is 15.9 Å². The lowest BCUT2D eigenvalue weighted by molar-refractivity contribution is -0.133. The number of hydrogen-bond donors (Lipinski definition) is 0. The van der Waals surface area contributed by atoms with E-state index in [1.165, 1.54) is 10.7 Å². The molecule has 2 heterocycles. The standard InChI is InChI=1S/C17H24BrN3O3S/c18-15-5-4-6-16(13-15)25(23,24)21-11-9-19(10-12-21)14-17(22)20-7-2-1-3-8-20/h4-6,13H,1-3,7-12,14H2. The number of nitrogens with zero attached hydrogens (tertiary/aromatic N) is 3. The molecule has 0 unspecified atom stereocenters. The molecule has 2 aliphatic rings. The fraction of sp³-hybridized carbons (Fsp3) is 0.588. The molecule has 3 rings (SSSR count). The first-order valence-electron chi connectivity index (χ1n) is 8.73. The number of likely N-dealkylation sites (tertiary alicyclic amines) is 1. The fourth-order valence-corrected chi connectivity index (χ4v) is 5.36. The van der Waals surface area contributed by atoms with Gasteiger partial charge in [0.25, 0.3) is 0 Å². The average Bonchev–Trinajstić information content (AvgIpc) is 2.63. The Labute approximate surface area is 158 Å². The van der Waals surface area contributed by atoms with E-state index in [-0.39, 0.29) is 5.91 Å². The first-order valence-corrected chi connectivity index (χ1v) is 11.0. The van der Waals surface area contributed by atoms with Crippen molar-refractivity contribution in [1.29, 1.82) is 0 Å². The molecule has 2 aliphatic heterocycles. The van der Waals surface area contributed by atoms with E-state index in [2.05, 4.69) is 20.8 Å². The Balaban J connectivity index is 1.55. The van der Waals surface area contributed by atoms with Gasteiger partial charge in [0.15, 0.2) is 0 Å². The molecule has 0 spiro atoms. The van der Waals surface area contributed by atoms with Gasteiger partial charge in [0, 0.05) is 43.7 Å². The Kier molecular flexibility index (Phi) is 6.14. The van der Waals surface area contributed by atoms with Crippen LogP contribution in [0.1, 0.15) is 19.3 Å². The first kappa shape index (κ1) is 18.8. The summed E-state index contributed by atoms with van der Waals surface area (Å²) in [5.74, 6) is 0.169. The van der Waals surface area contributed by atoms with Crippen LogP contribution in [-0.2, 0) is 14.8 Å². The summed E-state index contributed by atoms with van der Waals surface area (Å²) >= 11 is 3.32. The quantitative estimate of drug-likeness (QED) is 0.731. The molecule has 2 saturated heterocycles. The second-order valence-electron chi connectivity index (χ2n) is 6.58. The van der Waals surface area contributed by atoms with Crippen molar-refractivity contribution in [3.05, 3.63) is 28.7 Å². The highest BCUT2D eigenvalue weighted by Gasteiger charge is 2.30. The highest BCUT2D eigenvalue weighted by atomic mass is 79.9. The van der Waals surface area contributed by atoms with E-state index in [0.29, 0.717) is 37.6 Å². The molecule has 0 aromatic heterocycles. The van der Waals surface area contributed by atoms with Gasteiger partial charge in [-0.25, -0.2) is 8.42 Å². The van der Waals surface area contributed by atoms with E-state index in [1.54, 1.807) is 18.2 Å². The van der Waals surface area contributed by atoms with Gasteiger partial charge in [-0.05, 0) is 37.5 Å². The largest absolute Gasteiger partial charge is 0.342 e. The molecule has 2 fully saturated rings. The Morgan fingerprint density at radius 1 is 1.00 bits per heavy atom. The van der Waals surface area contributed by atoms with Gasteiger partial charge >= 0.3 is 0 Å². The van der Waals surface area contributed by atoms with Crippen molar-refractivity contribution in [3.63, 3.8) is 0 Å². The van der Waals surface area contributed by atoms with E-state index < -0.39 is 10.0 Å². The summed E-state index contributed by atoms with van der Waals surface area (Å²) in [6.45, 7) is 4.13. The molecule has 0 bridgehead atoms. The van der Waals surface area contributed by atoms with Gasteiger partial charge in [-0.15, -0.1) is 0 Å². The van der Waals surface area contributed by atoms with Gasteiger partial charge in [-0.2, -0.15) is 4.31 Å². The van der Waals surface area contributed by atoms with Crippen LogP contribution in [0.25, 0.3) is 0 Å². The summed E-state index contributed by atoms with van der Waals surface area (Å²) in [6, 6.07) is 6.78. The predicted octanol–water partition coefficient (Wildman–Crippen LogP) is 1.77. The summed E-state index contributed by atoms with van der Waals surface area (Å²) < 4.78 is 27.7. The summed E-state index contributed by atoms with van der Waals surface area (Å²) in [5.41, 5.74) is 0. The van der Waals surface area contributed by atoms with Crippen LogP contribution < -0.4 is 0 Å². The molecule has 0 radical (unpaired) electrons. The topological polar surface area (TPSA) is 60.9 Å². The summed E-state index contributed by atoms with van der Waals surface area (Å²) in [6.07, 6.45) is 3.38. The van der Waals surface area contributed by atoms with Crippen LogP contribution in [0.15, 0.2) is 33.6 Å². The number of halogens is 1. The maximum absolute atomic E-state index is 12.7. The molecule has 8 heteroatoms. The lowest BCUT2D eigenvalue weighted by Crippen LogP contribution is -2.51. The second kappa shape index (κ2) is 8.16. The van der Waals surface area contributed by atoms with Crippen LogP contribution in [0.4, 0.5) is 0 Å². The maximum atomic E-state index is 12.7. The molecule has 6 nitrogen and oxygen atoms in total. The normalized spacial score (nSPS) is 20.6. The van der Waals surface area contributed by atoms with Crippen molar-refractivity contribution in [2.45, 2.75) is 24.2 Å². The van der Waals surface area contributed by atoms with E-state index in [0.717, 1.165) is 30.4 Å². The van der Waals surface area contributed by atoms with Gasteiger partial charge in [-0.3, -0.25) is 9.69 Å². The van der Waals surface area contributed by atoms with Crippen molar-refractivity contribution in [2.24, 2.45) is 0 Å². The molecule has 138 valence electrons. The third kappa shape index (κ3) is 4.61. The van der Waals surface area contributed by atoms with E-state index in [1.807, 2.05) is 11.0 Å². The number of carbonyl (C=O) groups is 1. The van der Waals surface area contributed by atoms with Crippen molar-refractivity contribution in [2.75, 3.05) is 45.8 Å². The monoisotopic (exact) mass is 429 g/mol. The number of amides is 1. The smallest absolute Gasteiger partial charge is 0.243 e. The Morgan fingerprint density at radius 3 is 2.32 bits per heavy atom. The minimum Gasteiger partial charge on any atom is -0.342 e. The van der Waals surface area contributed by atoms with Crippen molar-refractivity contribution >= 4 is 31.9 Å². The number of sulfonamides is 1. The molecule has 0 N–H and O–H groups in total. The number of benzene rings is 1. The molecule has 0 saturated carbocycles. The predicted molar refractivity (Wildman–Crippen MR) is 99.8 cm³/mol. The molecular formula is C17H24BrN3O3S. The zero-order valence-electron chi connectivity index (χ0n) is 14.2.